The summed E-state index contributed by atoms with van der Waals surface area (Å²) in [6.45, 7) is 2.01. The van der Waals surface area contributed by atoms with Crippen LogP contribution in [-0.2, 0) is 6.61 Å². The van der Waals surface area contributed by atoms with E-state index in [0.717, 1.165) is 17.9 Å². The molecule has 0 aromatic heterocycles. The van der Waals surface area contributed by atoms with Gasteiger partial charge in [0.05, 0.1) is 6.61 Å². The zero-order valence-electron chi connectivity index (χ0n) is 10.6. The molecule has 1 N–H and O–H groups in total. The van der Waals surface area contributed by atoms with Crippen LogP contribution in [0.1, 0.15) is 18.9 Å². The summed E-state index contributed by atoms with van der Waals surface area (Å²) in [5, 5.41) is 9.25. The molecule has 0 aliphatic carbocycles. The van der Waals surface area contributed by atoms with Crippen molar-refractivity contribution in [1.29, 1.82) is 0 Å². The fourth-order valence-corrected chi connectivity index (χ4v) is 2.32. The molecule has 0 spiro atoms. The topological polar surface area (TPSA) is 23.5 Å². The average Bonchev–Trinajstić information content (AvgIpc) is 2.34. The highest BCUT2D eigenvalue weighted by atomic mass is 32.2. The van der Waals surface area contributed by atoms with Gasteiger partial charge in [-0.25, -0.2) is 4.39 Å². The van der Waals surface area contributed by atoms with Gasteiger partial charge in [-0.2, -0.15) is 11.8 Å². The van der Waals surface area contributed by atoms with Crippen LogP contribution in [0.3, 0.4) is 0 Å². The van der Waals surface area contributed by atoms with Crippen LogP contribution in [0.25, 0.3) is 0 Å². The first-order valence-corrected chi connectivity index (χ1v) is 7.10. The number of anilines is 1. The number of hydrogen-bond acceptors (Lipinski definition) is 3. The number of benzene rings is 1. The van der Waals surface area contributed by atoms with E-state index in [2.05, 4.69) is 18.1 Å². The van der Waals surface area contributed by atoms with Gasteiger partial charge in [0.2, 0.25) is 0 Å². The Bertz CT molecular complexity index is 359. The molecule has 0 heterocycles. The molecule has 0 saturated carbocycles. The van der Waals surface area contributed by atoms with E-state index in [1.54, 1.807) is 6.07 Å². The van der Waals surface area contributed by atoms with Gasteiger partial charge in [-0.05, 0) is 43.6 Å². The Morgan fingerprint density at radius 2 is 2.18 bits per heavy atom. The third-order valence-electron chi connectivity index (χ3n) is 2.99. The van der Waals surface area contributed by atoms with E-state index in [0.29, 0.717) is 11.6 Å². The molecule has 2 nitrogen and oxygen atoms in total. The van der Waals surface area contributed by atoms with Gasteiger partial charge in [-0.1, -0.05) is 0 Å². The molecule has 96 valence electrons. The lowest BCUT2D eigenvalue weighted by atomic mass is 10.1. The van der Waals surface area contributed by atoms with E-state index in [1.165, 1.54) is 12.1 Å². The van der Waals surface area contributed by atoms with E-state index < -0.39 is 0 Å². The molecular weight excluding hydrogens is 237 g/mol. The normalized spacial score (nSPS) is 12.5. The molecule has 0 fully saturated rings. The van der Waals surface area contributed by atoms with Crippen LogP contribution in [0.4, 0.5) is 10.1 Å². The van der Waals surface area contributed by atoms with Crippen molar-refractivity contribution in [2.75, 3.05) is 24.0 Å². The summed E-state index contributed by atoms with van der Waals surface area (Å²) in [4.78, 5) is 2.10. The zero-order chi connectivity index (χ0) is 12.8. The summed E-state index contributed by atoms with van der Waals surface area (Å²) >= 11 is 1.82. The predicted molar refractivity (Wildman–Crippen MR) is 73.2 cm³/mol. The molecule has 17 heavy (non-hydrogen) atoms. The van der Waals surface area contributed by atoms with Crippen LogP contribution in [0.5, 0.6) is 0 Å². The molecule has 1 aromatic carbocycles. The average molecular weight is 257 g/mol. The lowest BCUT2D eigenvalue weighted by Crippen LogP contribution is -2.30. The summed E-state index contributed by atoms with van der Waals surface area (Å²) in [6.07, 6.45) is 3.16. The van der Waals surface area contributed by atoms with Crippen LogP contribution >= 0.6 is 11.8 Å². The fraction of sp³-hybridized carbons (Fsp3) is 0.538. The fourth-order valence-electron chi connectivity index (χ4n) is 1.74. The van der Waals surface area contributed by atoms with Crippen molar-refractivity contribution in [2.45, 2.75) is 26.0 Å². The van der Waals surface area contributed by atoms with Crippen LogP contribution in [0.15, 0.2) is 18.2 Å². The number of thioether (sulfide) groups is 1. The van der Waals surface area contributed by atoms with Gasteiger partial charge in [0, 0.05) is 24.3 Å². The first-order valence-electron chi connectivity index (χ1n) is 5.71. The number of nitrogens with zero attached hydrogens (tertiary/aromatic N) is 1. The molecule has 1 rings (SSSR count). The first kappa shape index (κ1) is 14.3. The minimum absolute atomic E-state index is 0.132. The maximum Gasteiger partial charge on any atom is 0.123 e. The lowest BCUT2D eigenvalue weighted by Gasteiger charge is -2.28. The van der Waals surface area contributed by atoms with Crippen LogP contribution in [0.2, 0.25) is 0 Å². The Balaban J connectivity index is 2.83. The number of hydrogen-bond donors (Lipinski definition) is 1. The third kappa shape index (κ3) is 3.89. The third-order valence-corrected chi connectivity index (χ3v) is 3.64. The molecular formula is C13H20FNOS. The van der Waals surface area contributed by atoms with Crippen molar-refractivity contribution in [1.82, 2.24) is 0 Å². The van der Waals surface area contributed by atoms with Gasteiger partial charge >= 0.3 is 0 Å². The Hall–Kier alpha value is -0.740. The summed E-state index contributed by atoms with van der Waals surface area (Å²) in [7, 11) is 1.98. The molecule has 0 bridgehead atoms. The van der Waals surface area contributed by atoms with E-state index in [9.17, 15) is 9.50 Å². The summed E-state index contributed by atoms with van der Waals surface area (Å²) in [5.41, 5.74) is 1.55. The van der Waals surface area contributed by atoms with Crippen LogP contribution < -0.4 is 4.90 Å². The molecule has 0 radical (unpaired) electrons. The number of rotatable bonds is 6. The Kier molecular flexibility index (Phi) is 5.78. The highest BCUT2D eigenvalue weighted by molar-refractivity contribution is 7.98. The summed E-state index contributed by atoms with van der Waals surface area (Å²) in [5.74, 6) is 0.796. The minimum Gasteiger partial charge on any atom is -0.392 e. The monoisotopic (exact) mass is 257 g/mol. The number of halogens is 1. The Morgan fingerprint density at radius 3 is 2.76 bits per heavy atom. The van der Waals surface area contributed by atoms with Gasteiger partial charge in [0.15, 0.2) is 0 Å². The lowest BCUT2D eigenvalue weighted by molar-refractivity contribution is 0.281. The van der Waals surface area contributed by atoms with Crippen molar-refractivity contribution < 1.29 is 9.50 Å². The van der Waals surface area contributed by atoms with Crippen molar-refractivity contribution in [3.63, 3.8) is 0 Å². The van der Waals surface area contributed by atoms with Crippen molar-refractivity contribution >= 4 is 17.4 Å². The summed E-state index contributed by atoms with van der Waals surface area (Å²) < 4.78 is 13.1. The van der Waals surface area contributed by atoms with Gasteiger partial charge in [-0.3, -0.25) is 0 Å². The smallest absolute Gasteiger partial charge is 0.123 e. The molecule has 0 saturated heterocycles. The Morgan fingerprint density at radius 1 is 1.47 bits per heavy atom. The van der Waals surface area contributed by atoms with Gasteiger partial charge in [0.1, 0.15) is 5.82 Å². The molecule has 4 heteroatoms. The molecule has 0 aliphatic rings. The van der Waals surface area contributed by atoms with E-state index in [4.69, 9.17) is 0 Å². The Labute approximate surface area is 107 Å². The summed E-state index contributed by atoms with van der Waals surface area (Å²) in [6, 6.07) is 4.94. The molecule has 1 unspecified atom stereocenters. The zero-order valence-corrected chi connectivity index (χ0v) is 11.4. The molecule has 0 aliphatic heterocycles. The number of aliphatic hydroxyl groups is 1. The van der Waals surface area contributed by atoms with Gasteiger partial charge < -0.3 is 10.0 Å². The van der Waals surface area contributed by atoms with Crippen molar-refractivity contribution in [2.24, 2.45) is 0 Å². The molecule has 1 atom stereocenters. The minimum atomic E-state index is -0.303. The van der Waals surface area contributed by atoms with Crippen LogP contribution in [-0.4, -0.2) is 30.2 Å². The van der Waals surface area contributed by atoms with Crippen LogP contribution in [0, 0.1) is 5.82 Å². The highest BCUT2D eigenvalue weighted by Crippen LogP contribution is 2.23. The SMILES string of the molecule is CSCCC(C)N(C)c1ccc(F)cc1CO. The van der Waals surface area contributed by atoms with E-state index >= 15 is 0 Å². The second kappa shape index (κ2) is 6.87. The van der Waals surface area contributed by atoms with E-state index in [1.807, 2.05) is 18.8 Å². The highest BCUT2D eigenvalue weighted by Gasteiger charge is 2.13. The largest absolute Gasteiger partial charge is 0.392 e. The molecule has 1 aromatic rings. The first-order chi connectivity index (χ1) is 8.10. The standard InChI is InChI=1S/C13H20FNOS/c1-10(6-7-17-3)15(2)13-5-4-12(14)8-11(13)9-16/h4-5,8,10,16H,6-7,9H2,1-3H3. The van der Waals surface area contributed by atoms with Gasteiger partial charge in [-0.15, -0.1) is 0 Å². The van der Waals surface area contributed by atoms with Crippen molar-refractivity contribution in [3.05, 3.63) is 29.6 Å². The van der Waals surface area contributed by atoms with Crippen molar-refractivity contribution in [3.8, 4) is 0 Å². The second-order valence-corrected chi connectivity index (χ2v) is 5.16. The number of aliphatic hydroxyl groups excluding tert-OH is 1. The quantitative estimate of drug-likeness (QED) is 0.847. The van der Waals surface area contributed by atoms with Gasteiger partial charge in [0.25, 0.3) is 0 Å². The second-order valence-electron chi connectivity index (χ2n) is 4.17. The molecule has 0 amide bonds. The van der Waals surface area contributed by atoms with E-state index in [-0.39, 0.29) is 12.4 Å². The maximum atomic E-state index is 13.1. The predicted octanol–water partition coefficient (Wildman–Crippen LogP) is 2.90. The maximum absolute atomic E-state index is 13.1.